The van der Waals surface area contributed by atoms with Crippen molar-refractivity contribution in [2.45, 2.75) is 0 Å². The Balaban J connectivity index is 1.74. The smallest absolute Gasteiger partial charge is 0.298 e. The molecule has 0 saturated carbocycles. The van der Waals surface area contributed by atoms with E-state index in [-0.39, 0.29) is 24.7 Å². The van der Waals surface area contributed by atoms with E-state index < -0.39 is 9.84 Å². The summed E-state index contributed by atoms with van der Waals surface area (Å²) in [5, 5.41) is 0. The second kappa shape index (κ2) is 6.78. The first kappa shape index (κ1) is 16.7. The highest BCUT2D eigenvalue weighted by molar-refractivity contribution is 7.91. The Labute approximate surface area is 138 Å². The van der Waals surface area contributed by atoms with Gasteiger partial charge >= 0.3 is 0 Å². The van der Waals surface area contributed by atoms with E-state index in [2.05, 4.69) is 4.98 Å². The van der Waals surface area contributed by atoms with Crippen molar-refractivity contribution >= 4 is 27.0 Å². The molecule has 0 atom stereocenters. The summed E-state index contributed by atoms with van der Waals surface area (Å²) in [6, 6.07) is 5.50. The van der Waals surface area contributed by atoms with E-state index >= 15 is 0 Å². The number of oxazole rings is 1. The molecule has 0 aliphatic carbocycles. The van der Waals surface area contributed by atoms with Crippen LogP contribution in [0.5, 0.6) is 5.75 Å². The van der Waals surface area contributed by atoms with Crippen LogP contribution in [0.1, 0.15) is 0 Å². The van der Waals surface area contributed by atoms with Gasteiger partial charge in [-0.15, -0.1) is 0 Å². The maximum Gasteiger partial charge on any atom is 0.298 e. The first-order valence-electron chi connectivity index (χ1n) is 7.48. The van der Waals surface area contributed by atoms with Crippen LogP contribution in [0.15, 0.2) is 34.5 Å². The Hall–Kier alpha value is -2.13. The van der Waals surface area contributed by atoms with Crippen LogP contribution in [0, 0.1) is 0 Å². The van der Waals surface area contributed by atoms with E-state index in [9.17, 15) is 12.8 Å². The molecule has 0 amide bonds. The second-order valence-corrected chi connectivity index (χ2v) is 7.83. The van der Waals surface area contributed by atoms with Gasteiger partial charge in [0, 0.05) is 31.3 Å². The molecule has 7 nitrogen and oxygen atoms in total. The Morgan fingerprint density at radius 1 is 1.42 bits per heavy atom. The number of rotatable bonds is 5. The van der Waals surface area contributed by atoms with E-state index in [4.69, 9.17) is 14.9 Å². The summed E-state index contributed by atoms with van der Waals surface area (Å²) < 4.78 is 46.6. The standard InChI is InChI=1S/C15H18FN3O4S/c16-8-11(9-17)10-22-12-1-2-13-14(7-12)23-15(18-13)19-3-5-24(20,21)6-4-19/h1-2,7-8H,3-6,9-10,17H2/b11-8+. The number of halogens is 1. The van der Waals surface area contributed by atoms with Gasteiger partial charge in [-0.05, 0) is 12.1 Å². The molecule has 1 aromatic carbocycles. The van der Waals surface area contributed by atoms with Crippen molar-refractivity contribution in [1.29, 1.82) is 0 Å². The lowest BCUT2D eigenvalue weighted by Gasteiger charge is -2.24. The number of hydrogen-bond acceptors (Lipinski definition) is 7. The molecule has 9 heteroatoms. The monoisotopic (exact) mass is 355 g/mol. The molecule has 2 aromatic rings. The Kier molecular flexibility index (Phi) is 4.72. The summed E-state index contributed by atoms with van der Waals surface area (Å²) in [5.41, 5.74) is 6.89. The van der Waals surface area contributed by atoms with Crippen molar-refractivity contribution in [1.82, 2.24) is 4.98 Å². The topological polar surface area (TPSA) is 98.7 Å². The SMILES string of the molecule is NC/C(=C\F)COc1ccc2nc(N3CCS(=O)(=O)CC3)oc2c1. The summed E-state index contributed by atoms with van der Waals surface area (Å²) in [4.78, 5) is 6.18. The number of ether oxygens (including phenoxy) is 1. The lowest BCUT2D eigenvalue weighted by molar-refractivity contribution is 0.347. The van der Waals surface area contributed by atoms with Crippen molar-refractivity contribution in [2.75, 3.05) is 42.6 Å². The fraction of sp³-hybridized carbons (Fsp3) is 0.400. The van der Waals surface area contributed by atoms with Gasteiger partial charge < -0.3 is 19.8 Å². The first-order valence-corrected chi connectivity index (χ1v) is 9.30. The van der Waals surface area contributed by atoms with Gasteiger partial charge in [0.15, 0.2) is 15.4 Å². The van der Waals surface area contributed by atoms with E-state index in [1.807, 2.05) is 0 Å². The third-order valence-electron chi connectivity index (χ3n) is 3.80. The molecular formula is C15H18FN3O4S. The Morgan fingerprint density at radius 3 is 2.83 bits per heavy atom. The predicted octanol–water partition coefficient (Wildman–Crippen LogP) is 1.25. The maximum atomic E-state index is 12.5. The number of hydrogen-bond donors (Lipinski definition) is 1. The first-order chi connectivity index (χ1) is 11.5. The number of fused-ring (bicyclic) bond motifs is 1. The molecule has 130 valence electrons. The minimum atomic E-state index is -2.96. The fourth-order valence-electron chi connectivity index (χ4n) is 2.33. The third kappa shape index (κ3) is 3.68. The largest absolute Gasteiger partial charge is 0.489 e. The molecule has 1 saturated heterocycles. The highest BCUT2D eigenvalue weighted by Gasteiger charge is 2.24. The van der Waals surface area contributed by atoms with Crippen LogP contribution in [0.4, 0.5) is 10.4 Å². The number of aromatic nitrogens is 1. The Morgan fingerprint density at radius 2 is 2.17 bits per heavy atom. The lowest BCUT2D eigenvalue weighted by Crippen LogP contribution is -2.40. The summed E-state index contributed by atoms with van der Waals surface area (Å²) in [6.07, 6.45) is 0.440. The average molecular weight is 355 g/mol. The molecule has 24 heavy (non-hydrogen) atoms. The van der Waals surface area contributed by atoms with Crippen molar-refractivity contribution in [3.05, 3.63) is 30.1 Å². The number of anilines is 1. The average Bonchev–Trinajstić information content (AvgIpc) is 2.99. The van der Waals surface area contributed by atoms with Crippen LogP contribution < -0.4 is 15.4 Å². The van der Waals surface area contributed by atoms with Crippen LogP contribution in [0.2, 0.25) is 0 Å². The zero-order valence-electron chi connectivity index (χ0n) is 12.9. The van der Waals surface area contributed by atoms with Crippen molar-refractivity contribution in [3.63, 3.8) is 0 Å². The van der Waals surface area contributed by atoms with Crippen LogP contribution in [0.3, 0.4) is 0 Å². The summed E-state index contributed by atoms with van der Waals surface area (Å²) in [7, 11) is -2.96. The van der Waals surface area contributed by atoms with Gasteiger partial charge in [-0.2, -0.15) is 4.98 Å². The van der Waals surface area contributed by atoms with E-state index in [1.54, 1.807) is 23.1 Å². The number of benzene rings is 1. The number of nitrogens with zero attached hydrogens (tertiary/aromatic N) is 2. The van der Waals surface area contributed by atoms with Crippen LogP contribution in [-0.2, 0) is 9.84 Å². The molecule has 0 spiro atoms. The van der Waals surface area contributed by atoms with Gasteiger partial charge in [0.25, 0.3) is 6.01 Å². The van der Waals surface area contributed by atoms with Crippen LogP contribution in [-0.4, -0.2) is 51.1 Å². The van der Waals surface area contributed by atoms with Gasteiger partial charge in [0.2, 0.25) is 0 Å². The molecule has 0 radical (unpaired) electrons. The quantitative estimate of drug-likeness (QED) is 0.862. The fourth-order valence-corrected chi connectivity index (χ4v) is 3.53. The van der Waals surface area contributed by atoms with Crippen molar-refractivity contribution in [2.24, 2.45) is 5.73 Å². The zero-order chi connectivity index (χ0) is 17.2. The molecule has 1 aliphatic heterocycles. The van der Waals surface area contributed by atoms with Gasteiger partial charge in [-0.1, -0.05) is 0 Å². The Bertz CT molecular complexity index is 849. The number of sulfone groups is 1. The van der Waals surface area contributed by atoms with Gasteiger partial charge in [0.05, 0.1) is 17.8 Å². The van der Waals surface area contributed by atoms with Gasteiger partial charge in [-0.25, -0.2) is 12.8 Å². The molecule has 1 fully saturated rings. The molecule has 1 aromatic heterocycles. The lowest BCUT2D eigenvalue weighted by atomic mass is 10.3. The molecule has 1 aliphatic rings. The highest BCUT2D eigenvalue weighted by Crippen LogP contribution is 2.26. The predicted molar refractivity (Wildman–Crippen MR) is 88.6 cm³/mol. The molecule has 2 heterocycles. The number of nitrogens with two attached hydrogens (primary N) is 1. The molecule has 2 N–H and O–H groups in total. The summed E-state index contributed by atoms with van der Waals surface area (Å²) in [5.74, 6) is 0.703. The van der Waals surface area contributed by atoms with E-state index in [1.165, 1.54) is 0 Å². The second-order valence-electron chi connectivity index (χ2n) is 5.52. The van der Waals surface area contributed by atoms with Gasteiger partial charge in [-0.3, -0.25) is 0 Å². The van der Waals surface area contributed by atoms with Crippen LogP contribution in [0.25, 0.3) is 11.1 Å². The maximum absolute atomic E-state index is 12.5. The molecule has 3 rings (SSSR count). The van der Waals surface area contributed by atoms with E-state index in [0.29, 0.717) is 47.9 Å². The van der Waals surface area contributed by atoms with Crippen molar-refractivity contribution < 1.29 is 22.0 Å². The minimum Gasteiger partial charge on any atom is -0.489 e. The summed E-state index contributed by atoms with van der Waals surface area (Å²) in [6.45, 7) is 0.867. The van der Waals surface area contributed by atoms with Crippen molar-refractivity contribution in [3.8, 4) is 5.75 Å². The third-order valence-corrected chi connectivity index (χ3v) is 5.41. The highest BCUT2D eigenvalue weighted by atomic mass is 32.2. The molecular weight excluding hydrogens is 337 g/mol. The molecule has 0 unspecified atom stereocenters. The summed E-state index contributed by atoms with van der Waals surface area (Å²) >= 11 is 0. The van der Waals surface area contributed by atoms with Crippen LogP contribution >= 0.6 is 0 Å². The van der Waals surface area contributed by atoms with E-state index in [0.717, 1.165) is 0 Å². The minimum absolute atomic E-state index is 0.0590. The van der Waals surface area contributed by atoms with Gasteiger partial charge in [0.1, 0.15) is 17.9 Å². The zero-order valence-corrected chi connectivity index (χ0v) is 13.8. The molecule has 0 bridgehead atoms. The normalized spacial score (nSPS) is 18.1.